The molecule has 1 heterocycles. The second kappa shape index (κ2) is 6.27. The maximum absolute atomic E-state index is 12.1. The van der Waals surface area contributed by atoms with Crippen molar-refractivity contribution in [2.75, 3.05) is 0 Å². The second-order valence-electron chi connectivity index (χ2n) is 6.70. The van der Waals surface area contributed by atoms with Crippen LogP contribution < -0.4 is 0 Å². The molecule has 24 heavy (non-hydrogen) atoms. The van der Waals surface area contributed by atoms with E-state index in [4.69, 9.17) is 4.74 Å². The van der Waals surface area contributed by atoms with E-state index < -0.39 is 0 Å². The summed E-state index contributed by atoms with van der Waals surface area (Å²) in [7, 11) is 0. The number of nitrogens with zero attached hydrogens (tertiary/aromatic N) is 2. The minimum Gasteiger partial charge on any atom is -0.450 e. The Labute approximate surface area is 142 Å². The summed E-state index contributed by atoms with van der Waals surface area (Å²) in [6, 6.07) is 14.3. The lowest BCUT2D eigenvalue weighted by Crippen LogP contribution is -2.39. The van der Waals surface area contributed by atoms with Crippen molar-refractivity contribution in [1.82, 2.24) is 5.01 Å². The van der Waals surface area contributed by atoms with Crippen LogP contribution in [0.25, 0.3) is 10.8 Å². The zero-order valence-electron chi connectivity index (χ0n) is 13.9. The lowest BCUT2D eigenvalue weighted by Gasteiger charge is -2.30. The molecule has 0 N–H and O–H groups in total. The molecule has 0 saturated heterocycles. The summed E-state index contributed by atoms with van der Waals surface area (Å²) in [5, 5.41) is 8.34. The van der Waals surface area contributed by atoms with Crippen LogP contribution in [0.3, 0.4) is 0 Å². The van der Waals surface area contributed by atoms with Crippen LogP contribution in [0.1, 0.15) is 44.6 Å². The fourth-order valence-corrected chi connectivity index (χ4v) is 3.84. The monoisotopic (exact) mass is 322 g/mol. The summed E-state index contributed by atoms with van der Waals surface area (Å²) < 4.78 is 6.22. The van der Waals surface area contributed by atoms with Crippen LogP contribution in [0.2, 0.25) is 0 Å². The first-order chi connectivity index (χ1) is 11.7. The molecule has 4 rings (SSSR count). The highest BCUT2D eigenvalue weighted by Gasteiger charge is 2.38. The van der Waals surface area contributed by atoms with E-state index in [2.05, 4.69) is 23.3 Å². The van der Waals surface area contributed by atoms with Gasteiger partial charge < -0.3 is 4.74 Å². The molecule has 1 saturated carbocycles. The number of hydrazone groups is 1. The first-order valence-electron chi connectivity index (χ1n) is 8.77. The van der Waals surface area contributed by atoms with Gasteiger partial charge in [-0.3, -0.25) is 4.79 Å². The number of hydrogen-bond donors (Lipinski definition) is 0. The molecule has 0 radical (unpaired) electrons. The fourth-order valence-electron chi connectivity index (χ4n) is 3.84. The predicted octanol–water partition coefficient (Wildman–Crippen LogP) is 4.29. The van der Waals surface area contributed by atoms with Gasteiger partial charge in [0.05, 0.1) is 0 Å². The standard InChI is InChI=1S/C20H22N2O2/c1-14(23)22-20(16-9-3-2-4-10-16)24-19(21-22)18-13-7-11-15-8-5-6-12-17(15)18/h5-8,11-13,16,20H,2-4,9-10H2,1H3. The molecular weight excluding hydrogens is 300 g/mol. The van der Waals surface area contributed by atoms with Crippen molar-refractivity contribution in [2.45, 2.75) is 45.3 Å². The van der Waals surface area contributed by atoms with Gasteiger partial charge in [-0.25, -0.2) is 0 Å². The maximum Gasteiger partial charge on any atom is 0.242 e. The number of ether oxygens (including phenoxy) is 1. The highest BCUT2D eigenvalue weighted by molar-refractivity contribution is 6.07. The van der Waals surface area contributed by atoms with Crippen LogP contribution in [0.5, 0.6) is 0 Å². The summed E-state index contributed by atoms with van der Waals surface area (Å²) in [6.07, 6.45) is 5.65. The zero-order chi connectivity index (χ0) is 16.5. The van der Waals surface area contributed by atoms with Gasteiger partial charge in [0.25, 0.3) is 0 Å². The third kappa shape index (κ3) is 2.66. The van der Waals surface area contributed by atoms with Gasteiger partial charge in [-0.2, -0.15) is 5.01 Å². The molecule has 1 amide bonds. The molecular formula is C20H22N2O2. The van der Waals surface area contributed by atoms with E-state index in [1.807, 2.05) is 24.3 Å². The van der Waals surface area contributed by atoms with E-state index in [0.29, 0.717) is 11.8 Å². The Kier molecular flexibility index (Phi) is 3.97. The smallest absolute Gasteiger partial charge is 0.242 e. The van der Waals surface area contributed by atoms with E-state index in [1.54, 1.807) is 11.9 Å². The van der Waals surface area contributed by atoms with Gasteiger partial charge in [0, 0.05) is 18.4 Å². The zero-order valence-corrected chi connectivity index (χ0v) is 13.9. The van der Waals surface area contributed by atoms with Crippen molar-refractivity contribution in [2.24, 2.45) is 11.0 Å². The van der Waals surface area contributed by atoms with Crippen molar-refractivity contribution in [3.63, 3.8) is 0 Å². The Morgan fingerprint density at radius 1 is 1.08 bits per heavy atom. The average molecular weight is 322 g/mol. The predicted molar refractivity (Wildman–Crippen MR) is 94.5 cm³/mol. The largest absolute Gasteiger partial charge is 0.450 e. The highest BCUT2D eigenvalue weighted by atomic mass is 16.5. The summed E-state index contributed by atoms with van der Waals surface area (Å²) in [5.74, 6) is 0.886. The molecule has 0 bridgehead atoms. The molecule has 4 heteroatoms. The summed E-state index contributed by atoms with van der Waals surface area (Å²) >= 11 is 0. The SMILES string of the molecule is CC(=O)N1N=C(c2cccc3ccccc23)OC1C1CCCCC1. The Morgan fingerprint density at radius 3 is 2.62 bits per heavy atom. The lowest BCUT2D eigenvalue weighted by atomic mass is 9.88. The third-order valence-electron chi connectivity index (χ3n) is 5.07. The van der Waals surface area contributed by atoms with Crippen LogP contribution in [0.4, 0.5) is 0 Å². The van der Waals surface area contributed by atoms with Crippen LogP contribution in [0.15, 0.2) is 47.6 Å². The fraction of sp³-hybridized carbons (Fsp3) is 0.400. The van der Waals surface area contributed by atoms with E-state index in [0.717, 1.165) is 29.2 Å². The summed E-state index contributed by atoms with van der Waals surface area (Å²) in [6.45, 7) is 1.56. The third-order valence-corrected chi connectivity index (χ3v) is 5.07. The topological polar surface area (TPSA) is 41.9 Å². The first-order valence-corrected chi connectivity index (χ1v) is 8.77. The first kappa shape index (κ1) is 15.2. The molecule has 2 aliphatic rings. The number of amides is 1. The number of carbonyl (C=O) groups excluding carboxylic acids is 1. The Balaban J connectivity index is 1.70. The molecule has 4 nitrogen and oxygen atoms in total. The van der Waals surface area contributed by atoms with Crippen LogP contribution in [-0.2, 0) is 9.53 Å². The Morgan fingerprint density at radius 2 is 1.83 bits per heavy atom. The average Bonchev–Trinajstić information content (AvgIpc) is 3.07. The van der Waals surface area contributed by atoms with Gasteiger partial charge in [-0.15, -0.1) is 5.10 Å². The molecule has 0 aromatic heterocycles. The normalized spacial score (nSPS) is 21.6. The van der Waals surface area contributed by atoms with Crippen LogP contribution in [-0.4, -0.2) is 23.0 Å². The van der Waals surface area contributed by atoms with Crippen LogP contribution >= 0.6 is 0 Å². The van der Waals surface area contributed by atoms with Crippen molar-refractivity contribution in [1.29, 1.82) is 0 Å². The van der Waals surface area contributed by atoms with Gasteiger partial charge >= 0.3 is 0 Å². The van der Waals surface area contributed by atoms with Crippen molar-refractivity contribution >= 4 is 22.6 Å². The van der Waals surface area contributed by atoms with Gasteiger partial charge in [0.1, 0.15) is 0 Å². The van der Waals surface area contributed by atoms with Gasteiger partial charge in [0.2, 0.25) is 11.8 Å². The van der Waals surface area contributed by atoms with Crippen molar-refractivity contribution in [3.05, 3.63) is 48.0 Å². The second-order valence-corrected chi connectivity index (χ2v) is 6.70. The Bertz CT molecular complexity index is 788. The van der Waals surface area contributed by atoms with E-state index in [9.17, 15) is 4.79 Å². The molecule has 1 unspecified atom stereocenters. The highest BCUT2D eigenvalue weighted by Crippen LogP contribution is 2.34. The van der Waals surface area contributed by atoms with Gasteiger partial charge in [0.15, 0.2) is 6.23 Å². The molecule has 2 aromatic carbocycles. The van der Waals surface area contributed by atoms with Gasteiger partial charge in [-0.1, -0.05) is 55.7 Å². The maximum atomic E-state index is 12.1. The number of fused-ring (bicyclic) bond motifs is 1. The van der Waals surface area contributed by atoms with Crippen molar-refractivity contribution in [3.8, 4) is 0 Å². The molecule has 0 spiro atoms. The number of benzene rings is 2. The number of rotatable bonds is 2. The molecule has 1 atom stereocenters. The van der Waals surface area contributed by atoms with Gasteiger partial charge in [-0.05, 0) is 29.7 Å². The molecule has 1 aliphatic carbocycles. The van der Waals surface area contributed by atoms with Crippen LogP contribution in [0, 0.1) is 5.92 Å². The molecule has 1 aliphatic heterocycles. The van der Waals surface area contributed by atoms with E-state index >= 15 is 0 Å². The molecule has 2 aromatic rings. The summed E-state index contributed by atoms with van der Waals surface area (Å²) in [5.41, 5.74) is 0.956. The minimum absolute atomic E-state index is 0.0548. The number of hydrogen-bond acceptors (Lipinski definition) is 3. The van der Waals surface area contributed by atoms with E-state index in [1.165, 1.54) is 19.3 Å². The molecule has 124 valence electrons. The van der Waals surface area contributed by atoms with E-state index in [-0.39, 0.29) is 12.1 Å². The minimum atomic E-state index is -0.253. The molecule has 1 fully saturated rings. The Hall–Kier alpha value is -2.36. The van der Waals surface area contributed by atoms with Crippen molar-refractivity contribution < 1.29 is 9.53 Å². The quantitative estimate of drug-likeness (QED) is 0.828. The lowest BCUT2D eigenvalue weighted by molar-refractivity contribution is -0.138. The number of carbonyl (C=O) groups is 1. The summed E-state index contributed by atoms with van der Waals surface area (Å²) in [4.78, 5) is 12.1.